The maximum absolute atomic E-state index is 12.5. The number of thiazole rings is 1. The fraction of sp³-hybridized carbons (Fsp3) is 0.688. The molecule has 126 valence electrons. The molecule has 3 rings (SSSR count). The summed E-state index contributed by atoms with van der Waals surface area (Å²) in [7, 11) is 1.44. The van der Waals surface area contributed by atoms with Gasteiger partial charge in [0.15, 0.2) is 0 Å². The highest BCUT2D eigenvalue weighted by molar-refractivity contribution is 7.09. The standard InChI is InChI=1S/C16H23N3O3S/c1-3-12(13-17-6-9-23-13)18-15(21)19-7-4-16(5-8-19)10-11(16)14(20)22-2/h6,9,11-12H,3-5,7-8,10H2,1-2H3,(H,18,21)/t11-,12+/m0/s1. The topological polar surface area (TPSA) is 71.5 Å². The van der Waals surface area contributed by atoms with E-state index in [9.17, 15) is 9.59 Å². The molecule has 1 aliphatic carbocycles. The average Bonchev–Trinajstić information content (AvgIpc) is 3.00. The van der Waals surface area contributed by atoms with Crippen LogP contribution in [0, 0.1) is 11.3 Å². The van der Waals surface area contributed by atoms with E-state index in [2.05, 4.69) is 10.3 Å². The predicted molar refractivity (Wildman–Crippen MR) is 87.0 cm³/mol. The molecule has 1 aliphatic heterocycles. The summed E-state index contributed by atoms with van der Waals surface area (Å²) in [5.41, 5.74) is 0.0866. The maximum atomic E-state index is 12.5. The highest BCUT2D eigenvalue weighted by Gasteiger charge is 2.59. The van der Waals surface area contributed by atoms with Gasteiger partial charge in [0.05, 0.1) is 19.1 Å². The van der Waals surface area contributed by atoms with E-state index in [-0.39, 0.29) is 29.4 Å². The number of nitrogens with one attached hydrogen (secondary N) is 1. The summed E-state index contributed by atoms with van der Waals surface area (Å²) in [5, 5.41) is 5.95. The van der Waals surface area contributed by atoms with Crippen LogP contribution in [0.15, 0.2) is 11.6 Å². The minimum absolute atomic E-state index is 0.0258. The van der Waals surface area contributed by atoms with Crippen molar-refractivity contribution in [2.24, 2.45) is 11.3 Å². The molecular weight excluding hydrogens is 314 g/mol. The van der Waals surface area contributed by atoms with Crippen LogP contribution < -0.4 is 5.32 Å². The summed E-state index contributed by atoms with van der Waals surface area (Å²) in [6, 6.07) is -0.0562. The number of hydrogen-bond donors (Lipinski definition) is 1. The van der Waals surface area contributed by atoms with Crippen molar-refractivity contribution in [3.8, 4) is 0 Å². The Bertz CT molecular complexity index is 567. The molecule has 1 aromatic rings. The van der Waals surface area contributed by atoms with Crippen molar-refractivity contribution in [2.75, 3.05) is 20.2 Å². The fourth-order valence-electron chi connectivity index (χ4n) is 3.52. The number of aromatic nitrogens is 1. The van der Waals surface area contributed by atoms with Crippen molar-refractivity contribution in [3.63, 3.8) is 0 Å². The van der Waals surface area contributed by atoms with E-state index in [1.165, 1.54) is 7.11 Å². The number of amides is 2. The number of carbonyl (C=O) groups is 2. The highest BCUT2D eigenvalue weighted by Crippen LogP contribution is 2.59. The number of carbonyl (C=O) groups excluding carboxylic acids is 2. The fourth-order valence-corrected chi connectivity index (χ4v) is 4.29. The average molecular weight is 337 g/mol. The Balaban J connectivity index is 1.52. The van der Waals surface area contributed by atoms with Crippen molar-refractivity contribution in [1.29, 1.82) is 0 Å². The molecule has 0 radical (unpaired) electrons. The van der Waals surface area contributed by atoms with E-state index in [1.807, 2.05) is 17.2 Å². The van der Waals surface area contributed by atoms with Crippen LogP contribution in [-0.4, -0.2) is 42.1 Å². The monoisotopic (exact) mass is 337 g/mol. The number of ether oxygens (including phenoxy) is 1. The summed E-state index contributed by atoms with van der Waals surface area (Å²) in [6.45, 7) is 3.45. The quantitative estimate of drug-likeness (QED) is 0.857. The van der Waals surface area contributed by atoms with E-state index in [4.69, 9.17) is 4.74 Å². The second kappa shape index (κ2) is 6.47. The molecule has 2 atom stereocenters. The molecule has 2 fully saturated rings. The summed E-state index contributed by atoms with van der Waals surface area (Å²) in [4.78, 5) is 30.3. The predicted octanol–water partition coefficient (Wildman–Crippen LogP) is 2.58. The van der Waals surface area contributed by atoms with Crippen LogP contribution in [0.2, 0.25) is 0 Å². The number of methoxy groups -OCH3 is 1. The van der Waals surface area contributed by atoms with Crippen molar-refractivity contribution in [1.82, 2.24) is 15.2 Å². The SMILES string of the molecule is CC[C@@H](NC(=O)N1CCC2(CC1)C[C@H]2C(=O)OC)c1nccs1. The molecule has 2 amide bonds. The first kappa shape index (κ1) is 16.2. The Morgan fingerprint density at radius 2 is 2.26 bits per heavy atom. The lowest BCUT2D eigenvalue weighted by Crippen LogP contribution is -2.46. The number of hydrogen-bond acceptors (Lipinski definition) is 5. The number of rotatable bonds is 4. The Morgan fingerprint density at radius 3 is 2.83 bits per heavy atom. The summed E-state index contributed by atoms with van der Waals surface area (Å²) >= 11 is 1.56. The third-order valence-electron chi connectivity index (χ3n) is 5.18. The smallest absolute Gasteiger partial charge is 0.317 e. The van der Waals surface area contributed by atoms with Crippen LogP contribution in [0.1, 0.15) is 43.7 Å². The molecule has 1 saturated heterocycles. The van der Waals surface area contributed by atoms with Crippen LogP contribution in [0.25, 0.3) is 0 Å². The first-order valence-electron chi connectivity index (χ1n) is 8.12. The molecule has 23 heavy (non-hydrogen) atoms. The van der Waals surface area contributed by atoms with Gasteiger partial charge in [-0.25, -0.2) is 9.78 Å². The Hall–Kier alpha value is -1.63. The largest absolute Gasteiger partial charge is 0.469 e. The van der Waals surface area contributed by atoms with Gasteiger partial charge in [-0.3, -0.25) is 4.79 Å². The number of likely N-dealkylation sites (tertiary alicyclic amines) is 1. The van der Waals surface area contributed by atoms with Gasteiger partial charge < -0.3 is 15.0 Å². The van der Waals surface area contributed by atoms with Crippen molar-refractivity contribution in [2.45, 2.75) is 38.6 Å². The number of nitrogens with zero attached hydrogens (tertiary/aromatic N) is 2. The normalized spacial score (nSPS) is 23.4. The summed E-state index contributed by atoms with van der Waals surface area (Å²) < 4.78 is 4.85. The summed E-state index contributed by atoms with van der Waals surface area (Å²) in [6.07, 6.45) is 5.26. The molecule has 1 N–H and O–H groups in total. The van der Waals surface area contributed by atoms with Crippen LogP contribution in [0.4, 0.5) is 4.79 Å². The molecule has 0 unspecified atom stereocenters. The number of urea groups is 1. The van der Waals surface area contributed by atoms with Crippen molar-refractivity contribution in [3.05, 3.63) is 16.6 Å². The molecule has 7 heteroatoms. The minimum Gasteiger partial charge on any atom is -0.469 e. The maximum Gasteiger partial charge on any atom is 0.317 e. The van der Waals surface area contributed by atoms with E-state index in [0.717, 1.165) is 30.7 Å². The van der Waals surface area contributed by atoms with Crippen molar-refractivity contribution >= 4 is 23.3 Å². The van der Waals surface area contributed by atoms with Gasteiger partial charge in [-0.15, -0.1) is 11.3 Å². The van der Waals surface area contributed by atoms with Gasteiger partial charge in [0.25, 0.3) is 0 Å². The van der Waals surface area contributed by atoms with Gasteiger partial charge in [0.1, 0.15) is 5.01 Å². The molecule has 1 aromatic heterocycles. The Morgan fingerprint density at radius 1 is 1.52 bits per heavy atom. The second-order valence-electron chi connectivity index (χ2n) is 6.41. The van der Waals surface area contributed by atoms with Gasteiger partial charge in [-0.05, 0) is 31.1 Å². The lowest BCUT2D eigenvalue weighted by molar-refractivity contribution is -0.143. The van der Waals surface area contributed by atoms with E-state index in [1.54, 1.807) is 17.5 Å². The van der Waals surface area contributed by atoms with Crippen LogP contribution in [-0.2, 0) is 9.53 Å². The van der Waals surface area contributed by atoms with Gasteiger partial charge in [-0.1, -0.05) is 6.92 Å². The molecular formula is C16H23N3O3S. The van der Waals surface area contributed by atoms with Gasteiger partial charge >= 0.3 is 12.0 Å². The van der Waals surface area contributed by atoms with Crippen LogP contribution in [0.3, 0.4) is 0 Å². The van der Waals surface area contributed by atoms with E-state index in [0.29, 0.717) is 13.1 Å². The lowest BCUT2D eigenvalue weighted by Gasteiger charge is -2.33. The first-order valence-corrected chi connectivity index (χ1v) is 9.00. The molecule has 6 nitrogen and oxygen atoms in total. The third kappa shape index (κ3) is 3.20. The number of piperidine rings is 1. The van der Waals surface area contributed by atoms with Gasteiger partial charge in [-0.2, -0.15) is 0 Å². The Kier molecular flexibility index (Phi) is 4.57. The van der Waals surface area contributed by atoms with Crippen LogP contribution in [0.5, 0.6) is 0 Å². The van der Waals surface area contributed by atoms with Crippen molar-refractivity contribution < 1.29 is 14.3 Å². The zero-order valence-electron chi connectivity index (χ0n) is 13.6. The second-order valence-corrected chi connectivity index (χ2v) is 7.34. The zero-order valence-corrected chi connectivity index (χ0v) is 14.4. The zero-order chi connectivity index (χ0) is 16.4. The van der Waals surface area contributed by atoms with E-state index >= 15 is 0 Å². The molecule has 1 saturated carbocycles. The van der Waals surface area contributed by atoms with E-state index < -0.39 is 0 Å². The molecule has 2 aliphatic rings. The molecule has 0 aromatic carbocycles. The lowest BCUT2D eigenvalue weighted by atomic mass is 9.91. The molecule has 0 bridgehead atoms. The minimum atomic E-state index is -0.0993. The van der Waals surface area contributed by atoms with Gasteiger partial charge in [0, 0.05) is 24.7 Å². The van der Waals surface area contributed by atoms with Gasteiger partial charge in [0.2, 0.25) is 0 Å². The summed E-state index contributed by atoms with van der Waals surface area (Å²) in [5.74, 6) is -0.0610. The Labute approximate surface area is 140 Å². The molecule has 2 heterocycles. The highest BCUT2D eigenvalue weighted by atomic mass is 32.1. The third-order valence-corrected chi connectivity index (χ3v) is 6.07. The first-order chi connectivity index (χ1) is 11.1. The molecule has 1 spiro atoms. The van der Waals surface area contributed by atoms with Crippen LogP contribution >= 0.6 is 11.3 Å². The number of esters is 1.